The first-order valence-electron chi connectivity index (χ1n) is 8.43. The van der Waals surface area contributed by atoms with Crippen LogP contribution in [0.2, 0.25) is 0 Å². The van der Waals surface area contributed by atoms with Gasteiger partial charge in [0.15, 0.2) is 0 Å². The van der Waals surface area contributed by atoms with Crippen LogP contribution in [-0.2, 0) is 14.3 Å². The van der Waals surface area contributed by atoms with Crippen molar-refractivity contribution in [3.63, 3.8) is 0 Å². The number of amides is 1. The van der Waals surface area contributed by atoms with E-state index in [9.17, 15) is 25.0 Å². The van der Waals surface area contributed by atoms with Crippen LogP contribution in [0, 0.1) is 21.4 Å². The van der Waals surface area contributed by atoms with Crippen molar-refractivity contribution in [1.82, 2.24) is 5.32 Å². The highest BCUT2D eigenvalue weighted by atomic mass is 32.2. The predicted molar refractivity (Wildman–Crippen MR) is 99.6 cm³/mol. The van der Waals surface area contributed by atoms with E-state index in [1.807, 2.05) is 6.92 Å². The van der Waals surface area contributed by atoms with Gasteiger partial charge in [-0.3, -0.25) is 19.7 Å². The van der Waals surface area contributed by atoms with Crippen LogP contribution in [0.1, 0.15) is 37.7 Å². The van der Waals surface area contributed by atoms with E-state index < -0.39 is 16.8 Å². The predicted octanol–water partition coefficient (Wildman–Crippen LogP) is 3.01. The van der Waals surface area contributed by atoms with Gasteiger partial charge in [0.05, 0.1) is 34.0 Å². The van der Waals surface area contributed by atoms with E-state index in [4.69, 9.17) is 4.74 Å². The zero-order valence-electron chi connectivity index (χ0n) is 14.8. The quantitative estimate of drug-likeness (QED) is 0.314. The number of rotatable bonds is 8. The largest absolute Gasteiger partial charge is 0.465 e. The van der Waals surface area contributed by atoms with E-state index >= 15 is 0 Å². The Labute approximate surface area is 160 Å². The van der Waals surface area contributed by atoms with E-state index in [0.29, 0.717) is 12.2 Å². The number of carbonyl (C=O) groups is 2. The summed E-state index contributed by atoms with van der Waals surface area (Å²) in [7, 11) is 0. The summed E-state index contributed by atoms with van der Waals surface area (Å²) in [5.41, 5.74) is 0.685. The van der Waals surface area contributed by atoms with Gasteiger partial charge >= 0.3 is 5.97 Å². The Bertz CT molecular complexity index is 815. The molecule has 0 saturated heterocycles. The number of hydrogen-bond donors (Lipinski definition) is 1. The second kappa shape index (κ2) is 9.73. The highest BCUT2D eigenvalue weighted by Gasteiger charge is 2.30. The minimum atomic E-state index is -0.595. The van der Waals surface area contributed by atoms with Crippen LogP contribution in [0.15, 0.2) is 34.9 Å². The number of unbranched alkanes of at least 4 members (excludes halogenated alkanes) is 1. The maximum Gasteiger partial charge on any atom is 0.316 e. The van der Waals surface area contributed by atoms with Gasteiger partial charge in [-0.15, -0.1) is 0 Å². The first-order valence-corrected chi connectivity index (χ1v) is 9.41. The summed E-state index contributed by atoms with van der Waals surface area (Å²) in [5.74, 6) is -1.37. The third-order valence-electron chi connectivity index (χ3n) is 3.93. The first-order chi connectivity index (χ1) is 13.0. The number of nitrogens with one attached hydrogen (secondary N) is 1. The molecule has 1 aromatic carbocycles. The average Bonchev–Trinajstić information content (AvgIpc) is 2.66. The number of carbonyl (C=O) groups excluding carboxylic acids is 2. The third kappa shape index (κ3) is 5.56. The summed E-state index contributed by atoms with van der Waals surface area (Å²) in [6.45, 7) is 2.32. The zero-order valence-corrected chi connectivity index (χ0v) is 15.6. The second-order valence-electron chi connectivity index (χ2n) is 5.87. The fourth-order valence-corrected chi connectivity index (χ4v) is 3.45. The fourth-order valence-electron chi connectivity index (χ4n) is 2.58. The maximum atomic E-state index is 12.1. The van der Waals surface area contributed by atoms with Crippen molar-refractivity contribution in [1.29, 1.82) is 5.26 Å². The van der Waals surface area contributed by atoms with E-state index in [-0.39, 0.29) is 34.4 Å². The molecule has 9 heteroatoms. The summed E-state index contributed by atoms with van der Waals surface area (Å²) in [4.78, 5) is 34.3. The van der Waals surface area contributed by atoms with Crippen LogP contribution in [0.5, 0.6) is 0 Å². The van der Waals surface area contributed by atoms with Crippen molar-refractivity contribution in [2.45, 2.75) is 32.1 Å². The first kappa shape index (κ1) is 20.5. The number of hydrogen-bond acceptors (Lipinski definition) is 7. The molecule has 142 valence electrons. The Morgan fingerprint density at radius 1 is 1.52 bits per heavy atom. The molecule has 2 rings (SSSR count). The normalized spacial score (nSPS) is 16.4. The van der Waals surface area contributed by atoms with Gasteiger partial charge < -0.3 is 10.1 Å². The van der Waals surface area contributed by atoms with E-state index in [1.54, 1.807) is 6.07 Å². The van der Waals surface area contributed by atoms with Crippen molar-refractivity contribution in [2.75, 3.05) is 12.4 Å². The van der Waals surface area contributed by atoms with Gasteiger partial charge in [-0.1, -0.05) is 37.2 Å². The van der Waals surface area contributed by atoms with Crippen molar-refractivity contribution < 1.29 is 19.2 Å². The van der Waals surface area contributed by atoms with Crippen LogP contribution in [-0.4, -0.2) is 29.2 Å². The Morgan fingerprint density at radius 2 is 2.30 bits per heavy atom. The molecule has 1 heterocycles. The number of esters is 1. The molecule has 0 spiro atoms. The Balaban J connectivity index is 2.21. The van der Waals surface area contributed by atoms with Crippen LogP contribution in [0.3, 0.4) is 0 Å². The number of nitriles is 1. The van der Waals surface area contributed by atoms with Gasteiger partial charge in [-0.05, 0) is 12.0 Å². The number of nitrogens with zero attached hydrogens (tertiary/aromatic N) is 2. The highest BCUT2D eigenvalue weighted by molar-refractivity contribution is 8.03. The van der Waals surface area contributed by atoms with Crippen molar-refractivity contribution in [3.8, 4) is 6.07 Å². The van der Waals surface area contributed by atoms with Crippen LogP contribution < -0.4 is 5.32 Å². The summed E-state index contributed by atoms with van der Waals surface area (Å²) in [6, 6.07) is 7.95. The van der Waals surface area contributed by atoms with Crippen molar-refractivity contribution >= 4 is 29.3 Å². The summed E-state index contributed by atoms with van der Waals surface area (Å²) >= 11 is 1.03. The molecule has 0 bridgehead atoms. The van der Waals surface area contributed by atoms with Gasteiger partial charge in [-0.25, -0.2) is 0 Å². The number of nitro benzene ring substituents is 1. The molecule has 1 aliphatic heterocycles. The number of nitro groups is 1. The standard InChI is InChI=1S/C18H19N3O5S/c1-2-3-7-26-17(23)11-27-18-15(10-19)14(9-16(22)20-18)12-5-4-6-13(8-12)21(24)25/h4-6,8,14H,2-3,7,9,11H2,1H3,(H,20,22). The lowest BCUT2D eigenvalue weighted by Gasteiger charge is -2.24. The lowest BCUT2D eigenvalue weighted by Crippen LogP contribution is -2.31. The molecule has 8 nitrogen and oxygen atoms in total. The van der Waals surface area contributed by atoms with Crippen molar-refractivity contribution in [2.24, 2.45) is 0 Å². The smallest absolute Gasteiger partial charge is 0.316 e. The van der Waals surface area contributed by atoms with E-state index in [0.717, 1.165) is 24.6 Å². The molecule has 0 radical (unpaired) electrons. The summed E-state index contributed by atoms with van der Waals surface area (Å²) < 4.78 is 5.07. The highest BCUT2D eigenvalue weighted by Crippen LogP contribution is 2.36. The number of benzene rings is 1. The molecule has 0 aromatic heterocycles. The molecule has 27 heavy (non-hydrogen) atoms. The lowest BCUT2D eigenvalue weighted by atomic mass is 9.87. The summed E-state index contributed by atoms with van der Waals surface area (Å²) in [5, 5.41) is 23.5. The average molecular weight is 389 g/mol. The Hall–Kier alpha value is -2.86. The van der Waals surface area contributed by atoms with Gasteiger partial charge in [-0.2, -0.15) is 5.26 Å². The molecule has 1 aromatic rings. The van der Waals surface area contributed by atoms with Gasteiger partial charge in [0.2, 0.25) is 5.91 Å². The Morgan fingerprint density at radius 3 is 2.96 bits per heavy atom. The van der Waals surface area contributed by atoms with Crippen molar-refractivity contribution in [3.05, 3.63) is 50.5 Å². The van der Waals surface area contributed by atoms with Crippen LogP contribution >= 0.6 is 11.8 Å². The van der Waals surface area contributed by atoms with Crippen LogP contribution in [0.25, 0.3) is 0 Å². The third-order valence-corrected chi connectivity index (χ3v) is 4.93. The lowest BCUT2D eigenvalue weighted by molar-refractivity contribution is -0.384. The minimum Gasteiger partial charge on any atom is -0.465 e. The molecule has 0 aliphatic carbocycles. The Kier molecular flexibility index (Phi) is 7.37. The van der Waals surface area contributed by atoms with E-state index in [2.05, 4.69) is 11.4 Å². The molecule has 0 saturated carbocycles. The number of non-ortho nitro benzene ring substituents is 1. The number of thioether (sulfide) groups is 1. The molecular weight excluding hydrogens is 370 g/mol. The number of allylic oxidation sites excluding steroid dienone is 1. The summed E-state index contributed by atoms with van der Waals surface area (Å²) in [6.07, 6.45) is 1.69. The second-order valence-corrected chi connectivity index (χ2v) is 6.86. The van der Waals surface area contributed by atoms with Gasteiger partial charge in [0, 0.05) is 24.5 Å². The zero-order chi connectivity index (χ0) is 19.8. The van der Waals surface area contributed by atoms with Gasteiger partial charge in [0.1, 0.15) is 0 Å². The van der Waals surface area contributed by atoms with E-state index in [1.165, 1.54) is 18.2 Å². The fraction of sp³-hybridized carbons (Fsp3) is 0.389. The number of ether oxygens (including phenoxy) is 1. The molecular formula is C18H19N3O5S. The molecule has 1 unspecified atom stereocenters. The molecule has 0 fully saturated rings. The topological polar surface area (TPSA) is 122 Å². The molecule has 1 N–H and O–H groups in total. The molecule has 1 atom stereocenters. The minimum absolute atomic E-state index is 0.00900. The van der Waals surface area contributed by atoms with Crippen LogP contribution in [0.4, 0.5) is 5.69 Å². The molecule has 1 aliphatic rings. The monoisotopic (exact) mass is 389 g/mol. The molecule has 1 amide bonds. The maximum absolute atomic E-state index is 12.1. The van der Waals surface area contributed by atoms with Gasteiger partial charge in [0.25, 0.3) is 5.69 Å². The SMILES string of the molecule is CCCCOC(=O)CSC1=C(C#N)C(c2cccc([N+](=O)[O-])c2)CC(=O)N1.